The van der Waals surface area contributed by atoms with Crippen molar-refractivity contribution >= 4 is 17.4 Å². The third-order valence-electron chi connectivity index (χ3n) is 6.64. The summed E-state index contributed by atoms with van der Waals surface area (Å²) >= 11 is 1.23. The molecule has 1 aliphatic rings. The molecule has 0 saturated carbocycles. The molecule has 0 aliphatic heterocycles. The number of aryl methyl sites for hydroxylation is 2. The molecule has 0 atom stereocenters. The van der Waals surface area contributed by atoms with Crippen molar-refractivity contribution in [2.75, 3.05) is 6.54 Å². The quantitative estimate of drug-likeness (QED) is 0.216. The Bertz CT molecular complexity index is 1420. The molecule has 2 N–H and O–H groups in total. The first kappa shape index (κ1) is 25.0. The molecule has 1 aliphatic carbocycles. The van der Waals surface area contributed by atoms with Crippen molar-refractivity contribution in [1.29, 1.82) is 0 Å². The minimum atomic E-state index is -0.348. The fraction of sp³-hybridized carbons (Fsp3) is 0.286. The molecule has 1 heterocycles. The zero-order chi connectivity index (χ0) is 25.8. The Kier molecular flexibility index (Phi) is 7.52. The highest BCUT2D eigenvalue weighted by atomic mass is 32.2. The van der Waals surface area contributed by atoms with Crippen LogP contribution in [0.2, 0.25) is 0 Å². The highest BCUT2D eigenvalue weighted by Gasteiger charge is 2.23. The monoisotopic (exact) mass is 515 g/mol. The van der Waals surface area contributed by atoms with Crippen LogP contribution in [0.15, 0.2) is 70.7 Å². The van der Waals surface area contributed by atoms with Crippen LogP contribution in [0.1, 0.15) is 40.9 Å². The van der Waals surface area contributed by atoms with Crippen LogP contribution in [0.25, 0.3) is 5.69 Å². The van der Waals surface area contributed by atoms with Crippen LogP contribution in [0.4, 0.5) is 5.69 Å². The van der Waals surface area contributed by atoms with E-state index in [1.807, 2.05) is 47.0 Å². The van der Waals surface area contributed by atoms with E-state index < -0.39 is 0 Å². The molecular weight excluding hydrogens is 486 g/mol. The van der Waals surface area contributed by atoms with Gasteiger partial charge in [0.25, 0.3) is 5.69 Å². The van der Waals surface area contributed by atoms with E-state index in [0.29, 0.717) is 28.8 Å². The maximum Gasteiger partial charge on any atom is 0.283 e. The molecule has 0 radical (unpaired) electrons. The number of nitrogens with zero attached hydrogens (tertiary/aromatic N) is 4. The molecule has 190 valence electrons. The zero-order valence-electron chi connectivity index (χ0n) is 20.7. The summed E-state index contributed by atoms with van der Waals surface area (Å²) in [6.45, 7) is 2.92. The Balaban J connectivity index is 1.46. The molecular formula is C28H29N5O3S. The van der Waals surface area contributed by atoms with Crippen molar-refractivity contribution in [3.8, 4) is 11.4 Å². The highest BCUT2D eigenvalue weighted by molar-refractivity contribution is 7.99. The number of nitro benzene ring substituents is 1. The highest BCUT2D eigenvalue weighted by Crippen LogP contribution is 2.37. The van der Waals surface area contributed by atoms with E-state index in [2.05, 4.69) is 23.2 Å². The van der Waals surface area contributed by atoms with Gasteiger partial charge in [-0.15, -0.1) is 10.2 Å². The summed E-state index contributed by atoms with van der Waals surface area (Å²) in [6, 6.07) is 19.2. The Morgan fingerprint density at radius 1 is 1.08 bits per heavy atom. The van der Waals surface area contributed by atoms with Crippen molar-refractivity contribution in [2.45, 2.75) is 55.7 Å². The van der Waals surface area contributed by atoms with Crippen LogP contribution in [-0.4, -0.2) is 26.2 Å². The van der Waals surface area contributed by atoms with E-state index in [0.717, 1.165) is 42.7 Å². The van der Waals surface area contributed by atoms with Gasteiger partial charge in [-0.1, -0.05) is 30.3 Å². The van der Waals surface area contributed by atoms with Gasteiger partial charge < -0.3 is 10.5 Å². The number of hydrogen-bond donors (Lipinski definition) is 1. The number of benzene rings is 3. The number of nitrogens with two attached hydrogens (primary N) is 1. The molecule has 37 heavy (non-hydrogen) atoms. The van der Waals surface area contributed by atoms with Gasteiger partial charge in [0.15, 0.2) is 5.82 Å². The van der Waals surface area contributed by atoms with E-state index in [1.165, 1.54) is 28.5 Å². The molecule has 0 amide bonds. The smallest absolute Gasteiger partial charge is 0.283 e. The maximum absolute atomic E-state index is 11.9. The fourth-order valence-corrected chi connectivity index (χ4v) is 5.73. The van der Waals surface area contributed by atoms with Gasteiger partial charge in [-0.2, -0.15) is 0 Å². The Labute approximate surface area is 220 Å². The summed E-state index contributed by atoms with van der Waals surface area (Å²) in [4.78, 5) is 12.0. The largest absolute Gasteiger partial charge is 0.485 e. The van der Waals surface area contributed by atoms with Crippen LogP contribution in [-0.2, 0) is 25.9 Å². The topological polar surface area (TPSA) is 109 Å². The predicted molar refractivity (Wildman–Crippen MR) is 143 cm³/mol. The SMILES string of the molecule is Cc1ccc(OCc2nnc(Sc3ccc(CCCN)cc3[N+](=O)[O-])n2-c2ccccc2)c2c1CCC2. The van der Waals surface area contributed by atoms with E-state index in [-0.39, 0.29) is 17.2 Å². The van der Waals surface area contributed by atoms with Crippen LogP contribution >= 0.6 is 11.8 Å². The van der Waals surface area contributed by atoms with E-state index in [4.69, 9.17) is 10.5 Å². The average Bonchev–Trinajstić information content (AvgIpc) is 3.56. The number of fused-ring (bicyclic) bond motifs is 1. The second kappa shape index (κ2) is 11.1. The van der Waals surface area contributed by atoms with Gasteiger partial charge in [0.1, 0.15) is 12.4 Å². The molecule has 0 unspecified atom stereocenters. The Morgan fingerprint density at radius 2 is 1.89 bits per heavy atom. The maximum atomic E-state index is 11.9. The number of ether oxygens (including phenoxy) is 1. The van der Waals surface area contributed by atoms with Crippen molar-refractivity contribution in [1.82, 2.24) is 14.8 Å². The lowest BCUT2D eigenvalue weighted by Gasteiger charge is -2.14. The van der Waals surface area contributed by atoms with Crippen LogP contribution in [0.3, 0.4) is 0 Å². The lowest BCUT2D eigenvalue weighted by molar-refractivity contribution is -0.387. The van der Waals surface area contributed by atoms with Crippen molar-refractivity contribution in [2.24, 2.45) is 5.73 Å². The third-order valence-corrected chi connectivity index (χ3v) is 7.65. The minimum Gasteiger partial charge on any atom is -0.485 e. The fourth-order valence-electron chi connectivity index (χ4n) is 4.78. The van der Waals surface area contributed by atoms with Crippen molar-refractivity contribution in [3.63, 3.8) is 0 Å². The molecule has 0 saturated heterocycles. The van der Waals surface area contributed by atoms with Gasteiger partial charge in [0.05, 0.1) is 9.82 Å². The Morgan fingerprint density at radius 3 is 2.68 bits per heavy atom. The van der Waals surface area contributed by atoms with E-state index >= 15 is 0 Å². The molecule has 3 aromatic carbocycles. The first-order valence-corrected chi connectivity index (χ1v) is 13.3. The number of hydrogen-bond acceptors (Lipinski definition) is 7. The molecule has 4 aromatic rings. The van der Waals surface area contributed by atoms with Crippen molar-refractivity contribution < 1.29 is 9.66 Å². The Hall–Kier alpha value is -3.69. The van der Waals surface area contributed by atoms with Gasteiger partial charge >= 0.3 is 0 Å². The van der Waals surface area contributed by atoms with Gasteiger partial charge in [0, 0.05) is 11.8 Å². The molecule has 0 fully saturated rings. The summed E-state index contributed by atoms with van der Waals surface area (Å²) in [5, 5.41) is 21.3. The first-order chi connectivity index (χ1) is 18.0. The zero-order valence-corrected chi connectivity index (χ0v) is 21.5. The average molecular weight is 516 g/mol. The van der Waals surface area contributed by atoms with E-state index in [9.17, 15) is 10.1 Å². The summed E-state index contributed by atoms with van der Waals surface area (Å²) in [7, 11) is 0. The number of rotatable bonds is 10. The second-order valence-electron chi connectivity index (χ2n) is 9.10. The number of aromatic nitrogens is 3. The normalized spacial score (nSPS) is 12.5. The van der Waals surface area contributed by atoms with Crippen LogP contribution in [0, 0.1) is 17.0 Å². The lowest BCUT2D eigenvalue weighted by Crippen LogP contribution is -2.07. The molecule has 5 rings (SSSR count). The molecule has 1 aromatic heterocycles. The van der Waals surface area contributed by atoms with Gasteiger partial charge in [-0.3, -0.25) is 14.7 Å². The van der Waals surface area contributed by atoms with Crippen molar-refractivity contribution in [3.05, 3.63) is 98.9 Å². The molecule has 9 heteroatoms. The number of para-hydroxylation sites is 1. The van der Waals surface area contributed by atoms with Gasteiger partial charge in [0.2, 0.25) is 5.16 Å². The minimum absolute atomic E-state index is 0.0511. The molecule has 0 bridgehead atoms. The summed E-state index contributed by atoms with van der Waals surface area (Å²) < 4.78 is 8.19. The number of nitro groups is 1. The first-order valence-electron chi connectivity index (χ1n) is 12.4. The van der Waals surface area contributed by atoms with E-state index in [1.54, 1.807) is 12.1 Å². The van der Waals surface area contributed by atoms with Gasteiger partial charge in [-0.05, 0) is 104 Å². The predicted octanol–water partition coefficient (Wildman–Crippen LogP) is 5.59. The van der Waals surface area contributed by atoms with Gasteiger partial charge in [-0.25, -0.2) is 0 Å². The summed E-state index contributed by atoms with van der Waals surface area (Å²) in [5.41, 5.74) is 11.4. The lowest BCUT2D eigenvalue weighted by atomic mass is 10.0. The second-order valence-corrected chi connectivity index (χ2v) is 10.1. The standard InChI is InChI=1S/C28H29N5O3S/c1-19-12-14-25(23-11-5-10-22(19)23)36-18-27-30-31-28(32(27)21-8-3-2-4-9-21)37-26-15-13-20(7-6-16-29)17-24(26)33(34)35/h2-4,8-9,12-15,17H,5-7,10-11,16,18,29H2,1H3. The summed E-state index contributed by atoms with van der Waals surface area (Å²) in [6.07, 6.45) is 4.72. The third kappa shape index (κ3) is 5.38. The van der Waals surface area contributed by atoms with Crippen LogP contribution < -0.4 is 10.5 Å². The molecule has 0 spiro atoms. The van der Waals surface area contributed by atoms with Crippen LogP contribution in [0.5, 0.6) is 5.75 Å². The summed E-state index contributed by atoms with van der Waals surface area (Å²) in [5.74, 6) is 1.52. The molecule has 8 nitrogen and oxygen atoms in total.